The topological polar surface area (TPSA) is 26.0 Å². The Balaban J connectivity index is -0.000000180. The van der Waals surface area contributed by atoms with Crippen LogP contribution in [0, 0.1) is 0 Å². The second-order valence-electron chi connectivity index (χ2n) is 2.40. The van der Waals surface area contributed by atoms with Crippen molar-refractivity contribution in [1.29, 1.82) is 0 Å². The second kappa shape index (κ2) is 14.4. The molecule has 0 aliphatic heterocycles. The molecule has 0 heterocycles. The maximum atomic E-state index is 5.03. The Kier molecular flexibility index (Phi) is 19.2. The van der Waals surface area contributed by atoms with Crippen LogP contribution in [0.25, 0.3) is 6.08 Å². The van der Waals surface area contributed by atoms with Gasteiger partial charge in [0.05, 0.1) is 0 Å². The van der Waals surface area contributed by atoms with E-state index in [1.54, 1.807) is 0 Å². The highest BCUT2D eigenvalue weighted by Crippen LogP contribution is 1.97. The third-order valence-corrected chi connectivity index (χ3v) is 1.32. The van der Waals surface area contributed by atoms with Gasteiger partial charge in [-0.3, -0.25) is 0 Å². The fraction of sp³-hybridized carbons (Fsp3) is 0.385. The zero-order valence-corrected chi connectivity index (χ0v) is 7.66. The van der Waals surface area contributed by atoms with Gasteiger partial charge in [-0.2, -0.15) is 0 Å². The number of benzene rings is 1. The average molecular weight is 195 g/mol. The highest BCUT2D eigenvalue weighted by molar-refractivity contribution is 5.45. The molecular formula is C13H25N. The summed E-state index contributed by atoms with van der Waals surface area (Å²) in [6.07, 6.45) is 2.93. The molecule has 0 aliphatic rings. The summed E-state index contributed by atoms with van der Waals surface area (Å²) in [5.74, 6) is 0. The maximum absolute atomic E-state index is 5.03. The van der Waals surface area contributed by atoms with E-state index in [-0.39, 0.29) is 14.9 Å². The average Bonchev–Trinajstić information content (AvgIpc) is 2.19. The first-order valence-corrected chi connectivity index (χ1v) is 4.22. The van der Waals surface area contributed by atoms with E-state index in [1.165, 1.54) is 5.56 Å². The quantitative estimate of drug-likeness (QED) is 0.759. The molecule has 0 bridgehead atoms. The van der Waals surface area contributed by atoms with Crippen molar-refractivity contribution in [3.63, 3.8) is 0 Å². The Morgan fingerprint density at radius 1 is 1.21 bits per heavy atom. The van der Waals surface area contributed by atoms with E-state index < -0.39 is 0 Å². The molecule has 1 aromatic rings. The molecule has 1 heteroatoms. The summed E-state index contributed by atoms with van der Waals surface area (Å²) in [7, 11) is 0. The number of nitrogens with two attached hydrogens (primary N) is 1. The van der Waals surface area contributed by atoms with Gasteiger partial charge in [-0.25, -0.2) is 0 Å². The summed E-state index contributed by atoms with van der Waals surface area (Å²) < 4.78 is 0. The Morgan fingerprint density at radius 2 is 1.64 bits per heavy atom. The van der Waals surface area contributed by atoms with Crippen LogP contribution in [0.2, 0.25) is 0 Å². The van der Waals surface area contributed by atoms with Gasteiger partial charge in [-0.15, -0.1) is 0 Å². The molecule has 0 radical (unpaired) electrons. The fourth-order valence-corrected chi connectivity index (χ4v) is 0.589. The maximum Gasteiger partial charge on any atom is -0.00799 e. The molecular weight excluding hydrogens is 170 g/mol. The van der Waals surface area contributed by atoms with Crippen molar-refractivity contribution < 1.29 is 0 Å². The third kappa shape index (κ3) is 10.9. The highest BCUT2D eigenvalue weighted by atomic mass is 14.5. The molecule has 14 heavy (non-hydrogen) atoms. The van der Waals surface area contributed by atoms with Gasteiger partial charge in [0.15, 0.2) is 0 Å². The Labute approximate surface area is 89.7 Å². The van der Waals surface area contributed by atoms with E-state index in [9.17, 15) is 0 Å². The molecule has 1 rings (SSSR count). The van der Waals surface area contributed by atoms with Gasteiger partial charge in [0.1, 0.15) is 0 Å². The molecule has 1 aromatic carbocycles. The van der Waals surface area contributed by atoms with Crippen LogP contribution in [0.3, 0.4) is 0 Å². The van der Waals surface area contributed by atoms with Crippen LogP contribution in [0.1, 0.15) is 33.8 Å². The van der Waals surface area contributed by atoms with Crippen LogP contribution >= 0.6 is 0 Å². The van der Waals surface area contributed by atoms with Gasteiger partial charge < -0.3 is 5.73 Å². The number of hydrogen-bond donors (Lipinski definition) is 1. The lowest BCUT2D eigenvalue weighted by Crippen LogP contribution is -1.93. The van der Waals surface area contributed by atoms with Crippen LogP contribution in [0.5, 0.6) is 0 Å². The molecule has 1 nitrogen and oxygen atoms in total. The van der Waals surface area contributed by atoms with Gasteiger partial charge >= 0.3 is 0 Å². The van der Waals surface area contributed by atoms with Crippen LogP contribution in [0.4, 0.5) is 0 Å². The third-order valence-electron chi connectivity index (χ3n) is 1.32. The van der Waals surface area contributed by atoms with E-state index in [4.69, 9.17) is 5.73 Å². The molecule has 0 aromatic heterocycles. The smallest absolute Gasteiger partial charge is 0.00799 e. The molecule has 0 aliphatic carbocycles. The van der Waals surface area contributed by atoms with Gasteiger partial charge in [0.25, 0.3) is 0 Å². The molecule has 0 amide bonds. The molecule has 0 unspecified atom stereocenters. The first-order valence-electron chi connectivity index (χ1n) is 4.22. The minimum absolute atomic E-state index is 0. The van der Waals surface area contributed by atoms with E-state index >= 15 is 0 Å². The van der Waals surface area contributed by atoms with Crippen molar-refractivity contribution in [1.82, 2.24) is 0 Å². The Bertz CT molecular complexity index is 190. The summed E-state index contributed by atoms with van der Waals surface area (Å²) in [5.41, 5.74) is 6.20. The first kappa shape index (κ1) is 18.7. The summed E-state index contributed by atoms with van der Waals surface area (Å²) in [5, 5.41) is 0. The lowest BCUT2D eigenvalue weighted by atomic mass is 10.2. The van der Waals surface area contributed by atoms with Gasteiger partial charge in [0, 0.05) is 0 Å². The SMILES string of the molecule is C.C.C=Cc1ccccc1.CCCN. The molecule has 0 spiro atoms. The molecule has 0 fully saturated rings. The summed E-state index contributed by atoms with van der Waals surface area (Å²) >= 11 is 0. The van der Waals surface area contributed by atoms with Crippen molar-refractivity contribution in [2.24, 2.45) is 5.73 Å². The molecule has 2 N–H and O–H groups in total. The van der Waals surface area contributed by atoms with Gasteiger partial charge in [-0.05, 0) is 18.5 Å². The van der Waals surface area contributed by atoms with Crippen molar-refractivity contribution in [2.45, 2.75) is 28.2 Å². The fourth-order valence-electron chi connectivity index (χ4n) is 0.589. The summed E-state index contributed by atoms with van der Waals surface area (Å²) in [6.45, 7) is 6.51. The largest absolute Gasteiger partial charge is 0.330 e. The number of hydrogen-bond acceptors (Lipinski definition) is 1. The lowest BCUT2D eigenvalue weighted by molar-refractivity contribution is 0.932. The monoisotopic (exact) mass is 195 g/mol. The molecule has 0 saturated carbocycles. The number of rotatable bonds is 2. The van der Waals surface area contributed by atoms with Crippen LogP contribution in [0.15, 0.2) is 36.9 Å². The highest BCUT2D eigenvalue weighted by Gasteiger charge is 1.75. The van der Waals surface area contributed by atoms with Gasteiger partial charge in [0.2, 0.25) is 0 Å². The van der Waals surface area contributed by atoms with Crippen molar-refractivity contribution in [2.75, 3.05) is 6.54 Å². The zero-order valence-electron chi connectivity index (χ0n) is 7.66. The van der Waals surface area contributed by atoms with E-state index in [0.717, 1.165) is 13.0 Å². The van der Waals surface area contributed by atoms with Crippen molar-refractivity contribution in [3.05, 3.63) is 42.5 Å². The Hall–Kier alpha value is -1.08. The van der Waals surface area contributed by atoms with Crippen LogP contribution < -0.4 is 5.73 Å². The van der Waals surface area contributed by atoms with Gasteiger partial charge in [-0.1, -0.05) is 64.8 Å². The summed E-state index contributed by atoms with van der Waals surface area (Å²) in [6, 6.07) is 10.0. The second-order valence-corrected chi connectivity index (χ2v) is 2.40. The summed E-state index contributed by atoms with van der Waals surface area (Å²) in [4.78, 5) is 0. The van der Waals surface area contributed by atoms with Crippen LogP contribution in [-0.4, -0.2) is 6.54 Å². The minimum Gasteiger partial charge on any atom is -0.330 e. The Morgan fingerprint density at radius 3 is 1.86 bits per heavy atom. The van der Waals surface area contributed by atoms with E-state index in [0.29, 0.717) is 0 Å². The first-order chi connectivity index (χ1) is 5.85. The predicted octanol–water partition coefficient (Wildman–Crippen LogP) is 3.96. The minimum atomic E-state index is 0. The molecule has 0 atom stereocenters. The van der Waals surface area contributed by atoms with E-state index in [1.807, 2.05) is 36.4 Å². The lowest BCUT2D eigenvalue weighted by Gasteiger charge is -1.85. The standard InChI is InChI=1S/C8H8.C3H9N.2CH4/c1-2-8-6-4-3-5-7-8;1-2-3-4;;/h2-7H,1H2;2-4H2,1H3;2*1H4. The normalized spacial score (nSPS) is 7.00. The predicted molar refractivity (Wildman–Crippen MR) is 69.3 cm³/mol. The van der Waals surface area contributed by atoms with Crippen molar-refractivity contribution >= 4 is 6.08 Å². The molecule has 0 saturated heterocycles. The zero-order chi connectivity index (χ0) is 9.23. The van der Waals surface area contributed by atoms with Crippen LogP contribution in [-0.2, 0) is 0 Å². The molecule has 82 valence electrons. The van der Waals surface area contributed by atoms with Crippen molar-refractivity contribution in [3.8, 4) is 0 Å². The van der Waals surface area contributed by atoms with E-state index in [2.05, 4.69) is 13.5 Å².